The molecule has 19 heavy (non-hydrogen) atoms. The van der Waals surface area contributed by atoms with Gasteiger partial charge in [-0.25, -0.2) is 8.78 Å². The Bertz CT molecular complexity index is 603. The number of hydrogen-bond acceptors (Lipinski definition) is 0. The van der Waals surface area contributed by atoms with Gasteiger partial charge in [0.15, 0.2) is 0 Å². The van der Waals surface area contributed by atoms with Crippen LogP contribution in [0.15, 0.2) is 30.3 Å². The van der Waals surface area contributed by atoms with Crippen LogP contribution in [0.5, 0.6) is 0 Å². The number of aryl methyl sites for hydroxylation is 2. The van der Waals surface area contributed by atoms with Gasteiger partial charge in [0.1, 0.15) is 11.6 Å². The maximum absolute atomic E-state index is 13.3. The first-order valence-electron chi connectivity index (χ1n) is 5.76. The van der Waals surface area contributed by atoms with Crippen molar-refractivity contribution >= 4 is 27.5 Å². The minimum Gasteiger partial charge on any atom is -0.207 e. The van der Waals surface area contributed by atoms with E-state index in [1.54, 1.807) is 12.1 Å². The average molecular weight is 346 g/mol. The number of hydrogen-bond donors (Lipinski definition) is 0. The summed E-state index contributed by atoms with van der Waals surface area (Å²) in [6.07, 6.45) is 0. The number of halogens is 4. The molecular formula is C15H12BrClF2. The molecule has 2 aromatic carbocycles. The van der Waals surface area contributed by atoms with Crippen LogP contribution in [0.4, 0.5) is 8.78 Å². The summed E-state index contributed by atoms with van der Waals surface area (Å²) >= 11 is 9.37. The maximum atomic E-state index is 13.3. The second-order valence-electron chi connectivity index (χ2n) is 4.49. The van der Waals surface area contributed by atoms with Crippen LogP contribution < -0.4 is 0 Å². The van der Waals surface area contributed by atoms with Crippen molar-refractivity contribution in [2.75, 3.05) is 0 Å². The molecule has 0 aliphatic carbocycles. The second-order valence-corrected chi connectivity index (χ2v) is 5.81. The molecule has 0 nitrogen and oxygen atoms in total. The molecule has 0 saturated carbocycles. The van der Waals surface area contributed by atoms with E-state index in [4.69, 9.17) is 11.6 Å². The van der Waals surface area contributed by atoms with E-state index in [2.05, 4.69) is 15.9 Å². The first-order valence-corrected chi connectivity index (χ1v) is 7.05. The van der Waals surface area contributed by atoms with Gasteiger partial charge in [-0.2, -0.15) is 0 Å². The highest BCUT2D eigenvalue weighted by atomic mass is 79.9. The molecule has 1 unspecified atom stereocenters. The molecule has 0 heterocycles. The SMILES string of the molecule is Cc1cc(F)cc(C)c1C(Br)c1ccc(F)c(Cl)c1. The average Bonchev–Trinajstić information content (AvgIpc) is 2.31. The van der Waals surface area contributed by atoms with Gasteiger partial charge in [0.2, 0.25) is 0 Å². The molecule has 100 valence electrons. The van der Waals surface area contributed by atoms with Gasteiger partial charge in [-0.05, 0) is 60.4 Å². The zero-order chi connectivity index (χ0) is 14.2. The third-order valence-corrected chi connectivity index (χ3v) is 4.32. The lowest BCUT2D eigenvalue weighted by molar-refractivity contribution is 0.624. The lowest BCUT2D eigenvalue weighted by Crippen LogP contribution is -2.00. The minimum absolute atomic E-state index is 0.0827. The normalized spacial score (nSPS) is 12.5. The minimum atomic E-state index is -0.447. The molecule has 0 aromatic heterocycles. The summed E-state index contributed by atoms with van der Waals surface area (Å²) in [5.74, 6) is -0.701. The van der Waals surface area contributed by atoms with E-state index in [9.17, 15) is 8.78 Å². The monoisotopic (exact) mass is 344 g/mol. The lowest BCUT2D eigenvalue weighted by Gasteiger charge is -2.17. The Morgan fingerprint density at radius 1 is 1.05 bits per heavy atom. The van der Waals surface area contributed by atoms with Crippen molar-refractivity contribution in [2.24, 2.45) is 0 Å². The molecule has 2 aromatic rings. The Morgan fingerprint density at radius 2 is 1.63 bits per heavy atom. The van der Waals surface area contributed by atoms with Crippen molar-refractivity contribution < 1.29 is 8.78 Å². The summed E-state index contributed by atoms with van der Waals surface area (Å²) in [5.41, 5.74) is 3.51. The van der Waals surface area contributed by atoms with Crippen LogP contribution in [-0.2, 0) is 0 Å². The van der Waals surface area contributed by atoms with Gasteiger partial charge in [-0.3, -0.25) is 0 Å². The molecule has 0 aliphatic heterocycles. The predicted octanol–water partition coefficient (Wildman–Crippen LogP) is 5.72. The third-order valence-electron chi connectivity index (χ3n) is 3.05. The molecule has 0 spiro atoms. The van der Waals surface area contributed by atoms with Crippen LogP contribution >= 0.6 is 27.5 Å². The molecule has 0 aliphatic rings. The third kappa shape index (κ3) is 2.98. The molecule has 2 rings (SSSR count). The van der Waals surface area contributed by atoms with Crippen LogP contribution in [0.1, 0.15) is 27.1 Å². The maximum Gasteiger partial charge on any atom is 0.141 e. The van der Waals surface area contributed by atoms with Crippen molar-refractivity contribution in [3.05, 3.63) is 69.2 Å². The predicted molar refractivity (Wildman–Crippen MR) is 78.1 cm³/mol. The molecule has 0 N–H and O–H groups in total. The fourth-order valence-electron chi connectivity index (χ4n) is 2.16. The smallest absolute Gasteiger partial charge is 0.141 e. The zero-order valence-electron chi connectivity index (χ0n) is 10.5. The first kappa shape index (κ1) is 14.5. The molecule has 0 fully saturated rings. The molecule has 0 radical (unpaired) electrons. The number of benzene rings is 2. The fraction of sp³-hybridized carbons (Fsp3) is 0.200. The van der Waals surface area contributed by atoms with Crippen molar-refractivity contribution in [3.63, 3.8) is 0 Å². The Morgan fingerprint density at radius 3 is 2.16 bits per heavy atom. The van der Waals surface area contributed by atoms with Gasteiger partial charge < -0.3 is 0 Å². The molecule has 0 bridgehead atoms. The molecule has 1 atom stereocenters. The molecule has 4 heteroatoms. The van der Waals surface area contributed by atoms with Crippen LogP contribution in [-0.4, -0.2) is 0 Å². The highest BCUT2D eigenvalue weighted by molar-refractivity contribution is 9.09. The van der Waals surface area contributed by atoms with E-state index >= 15 is 0 Å². The van der Waals surface area contributed by atoms with Gasteiger partial charge in [0, 0.05) is 0 Å². The second kappa shape index (κ2) is 5.59. The summed E-state index contributed by atoms with van der Waals surface area (Å²) in [4.78, 5) is -0.147. The highest BCUT2D eigenvalue weighted by Gasteiger charge is 2.17. The van der Waals surface area contributed by atoms with Gasteiger partial charge in [0.05, 0.1) is 9.85 Å². The van der Waals surface area contributed by atoms with E-state index in [1.807, 2.05) is 13.8 Å². The molecule has 0 saturated heterocycles. The summed E-state index contributed by atoms with van der Waals surface area (Å²) in [5, 5.41) is 0.0827. The van der Waals surface area contributed by atoms with E-state index in [0.29, 0.717) is 0 Å². The van der Waals surface area contributed by atoms with Crippen molar-refractivity contribution in [3.8, 4) is 0 Å². The topological polar surface area (TPSA) is 0 Å². The first-order chi connectivity index (χ1) is 8.90. The summed E-state index contributed by atoms with van der Waals surface area (Å²) in [6, 6.07) is 7.56. The van der Waals surface area contributed by atoms with E-state index in [0.717, 1.165) is 22.3 Å². The Hall–Kier alpha value is -0.930. The van der Waals surface area contributed by atoms with Crippen LogP contribution in [0.3, 0.4) is 0 Å². The molecule has 0 amide bonds. The Labute approximate surface area is 124 Å². The van der Waals surface area contributed by atoms with Gasteiger partial charge in [-0.15, -0.1) is 0 Å². The summed E-state index contributed by atoms with van der Waals surface area (Å²) in [6.45, 7) is 3.70. The summed E-state index contributed by atoms with van der Waals surface area (Å²) < 4.78 is 26.5. The van der Waals surface area contributed by atoms with E-state index < -0.39 is 5.82 Å². The Kier molecular flexibility index (Phi) is 4.26. The largest absolute Gasteiger partial charge is 0.207 e. The quantitative estimate of drug-likeness (QED) is 0.611. The fourth-order valence-corrected chi connectivity index (χ4v) is 3.35. The van der Waals surface area contributed by atoms with Gasteiger partial charge in [-0.1, -0.05) is 33.6 Å². The van der Waals surface area contributed by atoms with Gasteiger partial charge >= 0.3 is 0 Å². The van der Waals surface area contributed by atoms with Crippen molar-refractivity contribution in [1.82, 2.24) is 0 Å². The Balaban J connectivity index is 2.49. The van der Waals surface area contributed by atoms with Crippen LogP contribution in [0.2, 0.25) is 5.02 Å². The van der Waals surface area contributed by atoms with E-state index in [1.165, 1.54) is 18.2 Å². The van der Waals surface area contributed by atoms with Crippen molar-refractivity contribution in [2.45, 2.75) is 18.7 Å². The van der Waals surface area contributed by atoms with Crippen molar-refractivity contribution in [1.29, 1.82) is 0 Å². The number of alkyl halides is 1. The molecular weight excluding hydrogens is 334 g/mol. The zero-order valence-corrected chi connectivity index (χ0v) is 12.8. The highest BCUT2D eigenvalue weighted by Crippen LogP contribution is 2.36. The van der Waals surface area contributed by atoms with Crippen LogP contribution in [0, 0.1) is 25.5 Å². The van der Waals surface area contributed by atoms with Crippen LogP contribution in [0.25, 0.3) is 0 Å². The summed E-state index contributed by atoms with van der Waals surface area (Å²) in [7, 11) is 0. The van der Waals surface area contributed by atoms with Gasteiger partial charge in [0.25, 0.3) is 0 Å². The lowest BCUT2D eigenvalue weighted by atomic mass is 9.96. The number of rotatable bonds is 2. The van der Waals surface area contributed by atoms with E-state index in [-0.39, 0.29) is 15.7 Å². The standard InChI is InChI=1S/C15H12BrClF2/c1-8-5-11(18)6-9(2)14(8)15(16)10-3-4-13(19)12(17)7-10/h3-7,15H,1-2H3.